The minimum absolute atomic E-state index is 0.289. The topological polar surface area (TPSA) is 41.6 Å². The minimum Gasteiger partial charge on any atom is -0.328 e. The quantitative estimate of drug-likeness (QED) is 0.612. The van der Waals surface area contributed by atoms with Crippen LogP contribution in [-0.4, -0.2) is 23.8 Å². The summed E-state index contributed by atoms with van der Waals surface area (Å²) < 4.78 is 0. The summed E-state index contributed by atoms with van der Waals surface area (Å²) in [5.41, 5.74) is 6.73. The van der Waals surface area contributed by atoms with Crippen molar-refractivity contribution >= 4 is 6.34 Å². The van der Waals surface area contributed by atoms with Crippen molar-refractivity contribution < 1.29 is 0 Å². The lowest BCUT2D eigenvalue weighted by molar-refractivity contribution is 0.510. The highest BCUT2D eigenvalue weighted by molar-refractivity contribution is 5.62. The summed E-state index contributed by atoms with van der Waals surface area (Å²) in [6.45, 7) is 0.566. The van der Waals surface area contributed by atoms with Gasteiger partial charge in [0.25, 0.3) is 0 Å². The van der Waals surface area contributed by atoms with E-state index in [1.54, 1.807) is 0 Å². The average Bonchev–Trinajstić information content (AvgIpc) is 2.17. The van der Waals surface area contributed by atoms with E-state index in [0.717, 1.165) is 5.57 Å². The lowest BCUT2D eigenvalue weighted by atomic mass is 10.0. The third-order valence-corrected chi connectivity index (χ3v) is 2.04. The van der Waals surface area contributed by atoms with Crippen LogP contribution in [0.4, 0.5) is 0 Å². The summed E-state index contributed by atoms with van der Waals surface area (Å²) in [5.74, 6) is 0. The Morgan fingerprint density at radius 1 is 1.50 bits per heavy atom. The molecule has 0 saturated carbocycles. The average molecular weight is 161 g/mol. The van der Waals surface area contributed by atoms with Crippen LogP contribution in [0.15, 0.2) is 41.2 Å². The van der Waals surface area contributed by atoms with E-state index in [1.165, 1.54) is 0 Å². The fourth-order valence-corrected chi connectivity index (χ4v) is 1.39. The van der Waals surface area contributed by atoms with E-state index >= 15 is 0 Å². The lowest BCUT2D eigenvalue weighted by Crippen LogP contribution is -2.35. The molecule has 0 fully saturated rings. The monoisotopic (exact) mass is 161 g/mol. The Bertz CT molecular complexity index is 286. The fraction of sp³-hybridized carbons (Fsp3) is 0.222. The maximum atomic E-state index is 5.58. The molecule has 2 aliphatic heterocycles. The summed E-state index contributed by atoms with van der Waals surface area (Å²) >= 11 is 0. The summed E-state index contributed by atoms with van der Waals surface area (Å²) in [5, 5.41) is 0. The number of nitrogens with two attached hydrogens (primary N) is 1. The molecule has 62 valence electrons. The predicted molar refractivity (Wildman–Crippen MR) is 49.5 cm³/mol. The number of rotatable bonds is 1. The first-order valence-corrected chi connectivity index (χ1v) is 3.96. The van der Waals surface area contributed by atoms with Crippen molar-refractivity contribution in [3.8, 4) is 0 Å². The van der Waals surface area contributed by atoms with Gasteiger partial charge in [-0.15, -0.1) is 0 Å². The number of hydrogen-bond donors (Lipinski definition) is 1. The molecule has 12 heavy (non-hydrogen) atoms. The number of fused-ring (bicyclic) bond motifs is 1. The maximum absolute atomic E-state index is 5.58. The van der Waals surface area contributed by atoms with Crippen LogP contribution < -0.4 is 5.73 Å². The zero-order chi connectivity index (χ0) is 8.39. The van der Waals surface area contributed by atoms with Crippen LogP contribution >= 0.6 is 0 Å². The molecule has 2 N–H and O–H groups in total. The molecule has 0 bridgehead atoms. The van der Waals surface area contributed by atoms with Crippen molar-refractivity contribution in [2.45, 2.75) is 6.04 Å². The van der Waals surface area contributed by atoms with Gasteiger partial charge in [0, 0.05) is 18.9 Å². The largest absolute Gasteiger partial charge is 0.328 e. The Hall–Kier alpha value is -1.35. The Balaban J connectivity index is 2.28. The molecular formula is C9H11N3. The molecule has 0 amide bonds. The van der Waals surface area contributed by atoms with E-state index in [4.69, 9.17) is 5.73 Å². The van der Waals surface area contributed by atoms with E-state index in [2.05, 4.69) is 11.1 Å². The molecule has 0 spiro atoms. The van der Waals surface area contributed by atoms with Crippen LogP contribution in [0.2, 0.25) is 0 Å². The van der Waals surface area contributed by atoms with Gasteiger partial charge >= 0.3 is 0 Å². The first kappa shape index (κ1) is 7.31. The third kappa shape index (κ3) is 1.08. The summed E-state index contributed by atoms with van der Waals surface area (Å²) in [7, 11) is 0. The zero-order valence-corrected chi connectivity index (χ0v) is 6.72. The van der Waals surface area contributed by atoms with E-state index in [0.29, 0.717) is 6.54 Å². The molecular weight excluding hydrogens is 150 g/mol. The first-order chi connectivity index (χ1) is 5.92. The minimum atomic E-state index is 0.289. The molecule has 0 aromatic carbocycles. The molecule has 2 heterocycles. The van der Waals surface area contributed by atoms with Gasteiger partial charge in [-0.1, -0.05) is 12.2 Å². The van der Waals surface area contributed by atoms with Crippen LogP contribution in [0, 0.1) is 0 Å². The fourth-order valence-electron chi connectivity index (χ4n) is 1.39. The third-order valence-electron chi connectivity index (χ3n) is 2.04. The number of aliphatic imine (C=N–C) groups is 1. The molecule has 0 saturated heterocycles. The van der Waals surface area contributed by atoms with Crippen LogP contribution in [0.5, 0.6) is 0 Å². The van der Waals surface area contributed by atoms with Gasteiger partial charge in [-0.3, -0.25) is 0 Å². The van der Waals surface area contributed by atoms with Gasteiger partial charge in [0.15, 0.2) is 0 Å². The molecule has 3 nitrogen and oxygen atoms in total. The molecule has 3 heteroatoms. The molecule has 0 radical (unpaired) electrons. The number of allylic oxidation sites excluding steroid dienone is 2. The lowest BCUT2D eigenvalue weighted by Gasteiger charge is -2.29. The highest BCUT2D eigenvalue weighted by Gasteiger charge is 2.18. The smallest absolute Gasteiger partial charge is 0.0952 e. The van der Waals surface area contributed by atoms with Crippen molar-refractivity contribution in [2.75, 3.05) is 6.54 Å². The van der Waals surface area contributed by atoms with Crippen molar-refractivity contribution in [1.82, 2.24) is 4.90 Å². The molecule has 0 aliphatic carbocycles. The number of nitrogens with zero attached hydrogens (tertiary/aromatic N) is 2. The second-order valence-electron chi connectivity index (χ2n) is 2.79. The van der Waals surface area contributed by atoms with Gasteiger partial charge in [0.05, 0.1) is 12.4 Å². The van der Waals surface area contributed by atoms with Crippen LogP contribution in [0.3, 0.4) is 0 Å². The van der Waals surface area contributed by atoms with Gasteiger partial charge in [-0.05, 0) is 11.6 Å². The predicted octanol–water partition coefficient (Wildman–Crippen LogP) is 0.625. The second kappa shape index (κ2) is 2.95. The van der Waals surface area contributed by atoms with Crippen LogP contribution in [0.25, 0.3) is 0 Å². The Kier molecular flexibility index (Phi) is 1.80. The van der Waals surface area contributed by atoms with Crippen molar-refractivity contribution in [1.29, 1.82) is 0 Å². The molecule has 2 aliphatic rings. The van der Waals surface area contributed by atoms with E-state index in [9.17, 15) is 0 Å². The highest BCUT2D eigenvalue weighted by Crippen LogP contribution is 2.17. The Morgan fingerprint density at radius 2 is 2.42 bits per heavy atom. The zero-order valence-electron chi connectivity index (χ0n) is 6.72. The normalized spacial score (nSPS) is 25.6. The van der Waals surface area contributed by atoms with E-state index < -0.39 is 0 Å². The molecule has 0 aromatic heterocycles. The van der Waals surface area contributed by atoms with Crippen molar-refractivity contribution in [3.05, 3.63) is 36.2 Å². The summed E-state index contributed by atoms with van der Waals surface area (Å²) in [4.78, 5) is 6.13. The standard InChI is InChI=1S/C9H11N3/c10-5-8-6-11-7-12-4-2-1-3-9(8)12/h1-4,6-7,9H,5,10H2. The van der Waals surface area contributed by atoms with Gasteiger partial charge < -0.3 is 10.6 Å². The van der Waals surface area contributed by atoms with Crippen molar-refractivity contribution in [3.63, 3.8) is 0 Å². The van der Waals surface area contributed by atoms with E-state index in [-0.39, 0.29) is 6.04 Å². The number of hydrogen-bond acceptors (Lipinski definition) is 3. The Morgan fingerprint density at radius 3 is 3.25 bits per heavy atom. The summed E-state index contributed by atoms with van der Waals surface area (Å²) in [6, 6.07) is 0.289. The van der Waals surface area contributed by atoms with Gasteiger partial charge in [-0.2, -0.15) is 0 Å². The van der Waals surface area contributed by atoms with Crippen molar-refractivity contribution in [2.24, 2.45) is 10.7 Å². The molecule has 1 atom stereocenters. The van der Waals surface area contributed by atoms with Gasteiger partial charge in [-0.25, -0.2) is 4.99 Å². The molecule has 1 unspecified atom stereocenters. The maximum Gasteiger partial charge on any atom is 0.0952 e. The second-order valence-corrected chi connectivity index (χ2v) is 2.79. The van der Waals surface area contributed by atoms with Gasteiger partial charge in [0.2, 0.25) is 0 Å². The molecule has 2 rings (SSSR count). The molecule has 0 aromatic rings. The highest BCUT2D eigenvalue weighted by atomic mass is 15.2. The van der Waals surface area contributed by atoms with Crippen LogP contribution in [0.1, 0.15) is 0 Å². The van der Waals surface area contributed by atoms with E-state index in [1.807, 2.05) is 35.8 Å². The first-order valence-electron chi connectivity index (χ1n) is 3.96. The Labute approximate surface area is 71.6 Å². The van der Waals surface area contributed by atoms with Crippen LogP contribution in [-0.2, 0) is 0 Å². The SMILES string of the molecule is NCC1=CN=CN2C=CC=CC12. The van der Waals surface area contributed by atoms with Gasteiger partial charge in [0.1, 0.15) is 0 Å². The summed E-state index contributed by atoms with van der Waals surface area (Å²) in [6.07, 6.45) is 11.8.